The maximum atomic E-state index is 12.2. The van der Waals surface area contributed by atoms with Gasteiger partial charge in [0.2, 0.25) is 0 Å². The third kappa shape index (κ3) is 3.38. The molecule has 1 aliphatic rings. The number of amides is 1. The van der Waals surface area contributed by atoms with Gasteiger partial charge in [0.1, 0.15) is 11.5 Å². The first-order valence-electron chi connectivity index (χ1n) is 6.42. The van der Waals surface area contributed by atoms with Gasteiger partial charge < -0.3 is 20.5 Å². The SMILES string of the molecule is COc1cc(OC)cc(C(=O)NC(CN)C2CC2)c1. The maximum absolute atomic E-state index is 12.2. The molecule has 1 aromatic carbocycles. The van der Waals surface area contributed by atoms with Crippen LogP contribution in [0.5, 0.6) is 11.5 Å². The van der Waals surface area contributed by atoms with E-state index in [2.05, 4.69) is 5.32 Å². The van der Waals surface area contributed by atoms with Crippen LogP contribution in [0.3, 0.4) is 0 Å². The van der Waals surface area contributed by atoms with Gasteiger partial charge in [-0.1, -0.05) is 0 Å². The standard InChI is InChI=1S/C14H20N2O3/c1-18-11-5-10(6-12(7-11)19-2)14(17)16-13(8-15)9-3-4-9/h5-7,9,13H,3-4,8,15H2,1-2H3,(H,16,17). The average Bonchev–Trinajstić information content (AvgIpc) is 3.28. The molecule has 1 aliphatic carbocycles. The van der Waals surface area contributed by atoms with Crippen LogP contribution in [-0.4, -0.2) is 32.7 Å². The number of hydrogen-bond donors (Lipinski definition) is 2. The lowest BCUT2D eigenvalue weighted by Crippen LogP contribution is -2.41. The normalized spacial score (nSPS) is 15.7. The van der Waals surface area contributed by atoms with Crippen molar-refractivity contribution in [3.8, 4) is 11.5 Å². The first-order valence-corrected chi connectivity index (χ1v) is 6.42. The van der Waals surface area contributed by atoms with Crippen LogP contribution in [0, 0.1) is 5.92 Å². The molecule has 1 aromatic rings. The molecule has 3 N–H and O–H groups in total. The van der Waals surface area contributed by atoms with Gasteiger partial charge in [-0.25, -0.2) is 0 Å². The first kappa shape index (κ1) is 13.7. The van der Waals surface area contributed by atoms with Gasteiger partial charge >= 0.3 is 0 Å². The highest BCUT2D eigenvalue weighted by Crippen LogP contribution is 2.32. The Labute approximate surface area is 113 Å². The molecule has 5 nitrogen and oxygen atoms in total. The van der Waals surface area contributed by atoms with Gasteiger partial charge in [-0.15, -0.1) is 0 Å². The molecular formula is C14H20N2O3. The Hall–Kier alpha value is -1.75. The van der Waals surface area contributed by atoms with Crippen LogP contribution in [0.2, 0.25) is 0 Å². The molecule has 0 bridgehead atoms. The number of carbonyl (C=O) groups excluding carboxylic acids is 1. The molecule has 0 heterocycles. The van der Waals surface area contributed by atoms with E-state index in [1.165, 1.54) is 0 Å². The minimum atomic E-state index is -0.139. The Kier molecular flexibility index (Phi) is 4.27. The Morgan fingerprint density at radius 2 is 1.89 bits per heavy atom. The monoisotopic (exact) mass is 264 g/mol. The van der Waals surface area contributed by atoms with Crippen molar-refractivity contribution in [3.05, 3.63) is 23.8 Å². The second-order valence-electron chi connectivity index (χ2n) is 4.75. The minimum Gasteiger partial charge on any atom is -0.497 e. The van der Waals surface area contributed by atoms with Crippen LogP contribution in [0.25, 0.3) is 0 Å². The molecule has 0 spiro atoms. The fraction of sp³-hybridized carbons (Fsp3) is 0.500. The molecule has 19 heavy (non-hydrogen) atoms. The van der Waals surface area contributed by atoms with Gasteiger partial charge in [0, 0.05) is 24.2 Å². The number of rotatable bonds is 6. The van der Waals surface area contributed by atoms with Crippen LogP contribution in [0.4, 0.5) is 0 Å². The first-order chi connectivity index (χ1) is 9.17. The van der Waals surface area contributed by atoms with Crippen LogP contribution >= 0.6 is 0 Å². The quantitative estimate of drug-likeness (QED) is 0.809. The summed E-state index contributed by atoms with van der Waals surface area (Å²) in [5, 5.41) is 2.97. The molecule has 0 aliphatic heterocycles. The molecule has 1 unspecified atom stereocenters. The summed E-state index contributed by atoms with van der Waals surface area (Å²) in [5.41, 5.74) is 6.21. The zero-order chi connectivity index (χ0) is 13.8. The molecule has 104 valence electrons. The van der Waals surface area contributed by atoms with Gasteiger partial charge in [0.25, 0.3) is 5.91 Å². The molecular weight excluding hydrogens is 244 g/mol. The van der Waals surface area contributed by atoms with E-state index < -0.39 is 0 Å². The summed E-state index contributed by atoms with van der Waals surface area (Å²) in [7, 11) is 3.12. The van der Waals surface area contributed by atoms with Gasteiger partial charge in [-0.3, -0.25) is 4.79 Å². The minimum absolute atomic E-state index is 0.0599. The average molecular weight is 264 g/mol. The van der Waals surface area contributed by atoms with E-state index in [0.29, 0.717) is 29.5 Å². The summed E-state index contributed by atoms with van der Waals surface area (Å²) >= 11 is 0. The van der Waals surface area contributed by atoms with Crippen molar-refractivity contribution in [1.29, 1.82) is 0 Å². The number of nitrogens with one attached hydrogen (secondary N) is 1. The van der Waals surface area contributed by atoms with E-state index in [1.807, 2.05) is 0 Å². The summed E-state index contributed by atoms with van der Waals surface area (Å²) in [6.45, 7) is 0.470. The van der Waals surface area contributed by atoms with Crippen LogP contribution < -0.4 is 20.5 Å². The second-order valence-corrected chi connectivity index (χ2v) is 4.75. The number of benzene rings is 1. The van der Waals surface area contributed by atoms with Crippen molar-refractivity contribution in [3.63, 3.8) is 0 Å². The Morgan fingerprint density at radius 1 is 1.32 bits per heavy atom. The number of nitrogens with two attached hydrogens (primary N) is 1. The van der Waals surface area contributed by atoms with Gasteiger partial charge in [-0.05, 0) is 30.9 Å². The zero-order valence-electron chi connectivity index (χ0n) is 11.3. The molecule has 5 heteroatoms. The Balaban J connectivity index is 2.12. The highest BCUT2D eigenvalue weighted by Gasteiger charge is 2.31. The summed E-state index contributed by atoms with van der Waals surface area (Å²) in [5.74, 6) is 1.58. The number of methoxy groups -OCH3 is 2. The van der Waals surface area contributed by atoms with Crippen molar-refractivity contribution >= 4 is 5.91 Å². The number of hydrogen-bond acceptors (Lipinski definition) is 4. The molecule has 0 saturated heterocycles. The summed E-state index contributed by atoms with van der Waals surface area (Å²) in [4.78, 5) is 12.2. The lowest BCUT2D eigenvalue weighted by molar-refractivity contribution is 0.0932. The molecule has 1 atom stereocenters. The number of carbonyl (C=O) groups is 1. The van der Waals surface area contributed by atoms with E-state index in [0.717, 1.165) is 12.8 Å². The summed E-state index contributed by atoms with van der Waals surface area (Å²) < 4.78 is 10.3. The van der Waals surface area contributed by atoms with Crippen molar-refractivity contribution in [2.24, 2.45) is 11.7 Å². The lowest BCUT2D eigenvalue weighted by Gasteiger charge is -2.16. The predicted molar refractivity (Wildman–Crippen MR) is 72.6 cm³/mol. The fourth-order valence-corrected chi connectivity index (χ4v) is 2.06. The van der Waals surface area contributed by atoms with E-state index in [1.54, 1.807) is 32.4 Å². The van der Waals surface area contributed by atoms with E-state index in [9.17, 15) is 4.79 Å². The summed E-state index contributed by atoms with van der Waals surface area (Å²) in [6, 6.07) is 5.18. The van der Waals surface area contributed by atoms with Crippen molar-refractivity contribution in [1.82, 2.24) is 5.32 Å². The molecule has 2 rings (SSSR count). The van der Waals surface area contributed by atoms with Crippen LogP contribution in [-0.2, 0) is 0 Å². The maximum Gasteiger partial charge on any atom is 0.251 e. The van der Waals surface area contributed by atoms with Crippen LogP contribution in [0.15, 0.2) is 18.2 Å². The highest BCUT2D eigenvalue weighted by molar-refractivity contribution is 5.95. The highest BCUT2D eigenvalue weighted by atomic mass is 16.5. The smallest absolute Gasteiger partial charge is 0.251 e. The van der Waals surface area contributed by atoms with Crippen molar-refractivity contribution in [2.45, 2.75) is 18.9 Å². The second kappa shape index (κ2) is 5.93. The molecule has 0 radical (unpaired) electrons. The lowest BCUT2D eigenvalue weighted by atomic mass is 10.1. The van der Waals surface area contributed by atoms with Crippen molar-refractivity contribution < 1.29 is 14.3 Å². The van der Waals surface area contributed by atoms with Crippen LogP contribution in [0.1, 0.15) is 23.2 Å². The van der Waals surface area contributed by atoms with Gasteiger partial charge in [0.05, 0.1) is 14.2 Å². The Bertz CT molecular complexity index is 436. The van der Waals surface area contributed by atoms with E-state index >= 15 is 0 Å². The number of ether oxygens (including phenoxy) is 2. The third-order valence-corrected chi connectivity index (χ3v) is 3.38. The fourth-order valence-electron chi connectivity index (χ4n) is 2.06. The van der Waals surface area contributed by atoms with Crippen molar-refractivity contribution in [2.75, 3.05) is 20.8 Å². The molecule has 0 aromatic heterocycles. The molecule has 1 saturated carbocycles. The van der Waals surface area contributed by atoms with E-state index in [-0.39, 0.29) is 11.9 Å². The topological polar surface area (TPSA) is 73.6 Å². The third-order valence-electron chi connectivity index (χ3n) is 3.38. The summed E-state index contributed by atoms with van der Waals surface area (Å²) in [6.07, 6.45) is 2.28. The predicted octanol–water partition coefficient (Wildman–Crippen LogP) is 1.17. The van der Waals surface area contributed by atoms with Gasteiger partial charge in [-0.2, -0.15) is 0 Å². The largest absolute Gasteiger partial charge is 0.497 e. The van der Waals surface area contributed by atoms with E-state index in [4.69, 9.17) is 15.2 Å². The molecule has 1 amide bonds. The zero-order valence-corrected chi connectivity index (χ0v) is 11.3. The molecule has 1 fully saturated rings. The Morgan fingerprint density at radius 3 is 2.32 bits per heavy atom. The van der Waals surface area contributed by atoms with Gasteiger partial charge in [0.15, 0.2) is 0 Å².